The van der Waals surface area contributed by atoms with Crippen molar-refractivity contribution < 1.29 is 13.6 Å². The van der Waals surface area contributed by atoms with Crippen molar-refractivity contribution in [3.05, 3.63) is 41.2 Å². The van der Waals surface area contributed by atoms with Crippen LogP contribution < -0.4 is 5.32 Å². The number of aromatic nitrogens is 3. The summed E-state index contributed by atoms with van der Waals surface area (Å²) in [5.74, 6) is -0.129. The van der Waals surface area contributed by atoms with Crippen LogP contribution >= 0.6 is 23.1 Å². The van der Waals surface area contributed by atoms with Crippen LogP contribution in [-0.2, 0) is 4.79 Å². The van der Waals surface area contributed by atoms with Gasteiger partial charge in [0.2, 0.25) is 11.8 Å². The van der Waals surface area contributed by atoms with Crippen molar-refractivity contribution in [2.75, 3.05) is 11.1 Å². The maximum Gasteiger partial charge on any atom is 0.277 e. The molecule has 1 amide bonds. The quantitative estimate of drug-likeness (QED) is 0.711. The predicted octanol–water partition coefficient (Wildman–Crippen LogP) is 3.37. The van der Waals surface area contributed by atoms with E-state index in [0.717, 1.165) is 16.6 Å². The first-order valence-corrected chi connectivity index (χ1v) is 8.35. The Morgan fingerprint density at radius 1 is 1.35 bits per heavy atom. The third-order valence-electron chi connectivity index (χ3n) is 2.69. The fourth-order valence-corrected chi connectivity index (χ4v) is 2.92. The molecule has 0 aliphatic carbocycles. The first-order chi connectivity index (χ1) is 11.1. The second-order valence-corrected chi connectivity index (χ2v) is 6.65. The fourth-order valence-electron chi connectivity index (χ4n) is 1.67. The number of hydrogen-bond donors (Lipinski definition) is 1. The van der Waals surface area contributed by atoms with Crippen LogP contribution in [0, 0.1) is 12.7 Å². The molecule has 1 aromatic carbocycles. The summed E-state index contributed by atoms with van der Waals surface area (Å²) in [6, 6.07) is 5.73. The van der Waals surface area contributed by atoms with E-state index in [-0.39, 0.29) is 28.6 Å². The molecule has 0 aliphatic rings. The van der Waals surface area contributed by atoms with Crippen molar-refractivity contribution in [1.29, 1.82) is 0 Å². The van der Waals surface area contributed by atoms with E-state index in [1.54, 1.807) is 18.3 Å². The number of rotatable bonds is 5. The highest BCUT2D eigenvalue weighted by atomic mass is 32.2. The molecule has 0 bridgehead atoms. The van der Waals surface area contributed by atoms with E-state index in [2.05, 4.69) is 20.5 Å². The van der Waals surface area contributed by atoms with Gasteiger partial charge in [-0.2, -0.15) is 0 Å². The van der Waals surface area contributed by atoms with E-state index in [1.807, 2.05) is 6.92 Å². The molecular weight excluding hydrogens is 339 g/mol. The topological polar surface area (TPSA) is 80.9 Å². The van der Waals surface area contributed by atoms with Crippen LogP contribution in [0.4, 0.5) is 9.52 Å². The minimum absolute atomic E-state index is 0.129. The van der Waals surface area contributed by atoms with Gasteiger partial charge in [0.1, 0.15) is 5.82 Å². The molecule has 23 heavy (non-hydrogen) atoms. The fraction of sp³-hybridized carbons (Fsp3) is 0.143. The smallest absolute Gasteiger partial charge is 0.277 e. The number of halogens is 1. The molecule has 6 nitrogen and oxygen atoms in total. The zero-order valence-electron chi connectivity index (χ0n) is 11.9. The number of thiazole rings is 1. The van der Waals surface area contributed by atoms with Gasteiger partial charge in [-0.05, 0) is 31.2 Å². The van der Waals surface area contributed by atoms with Crippen LogP contribution in [0.3, 0.4) is 0 Å². The summed E-state index contributed by atoms with van der Waals surface area (Å²) in [6.07, 6.45) is 1.69. The van der Waals surface area contributed by atoms with E-state index >= 15 is 0 Å². The monoisotopic (exact) mass is 350 g/mol. The lowest BCUT2D eigenvalue weighted by atomic mass is 10.2. The van der Waals surface area contributed by atoms with E-state index < -0.39 is 0 Å². The van der Waals surface area contributed by atoms with Crippen molar-refractivity contribution in [1.82, 2.24) is 15.2 Å². The van der Waals surface area contributed by atoms with Crippen LogP contribution in [0.25, 0.3) is 11.5 Å². The standard InChI is InChI=1S/C14H11FN4O2S2/c1-8-6-16-13(23-8)17-11(20)7-22-14-19-18-12(21-14)9-2-4-10(15)5-3-9/h2-6H,7H2,1H3,(H,16,17,20). The second kappa shape index (κ2) is 6.88. The summed E-state index contributed by atoms with van der Waals surface area (Å²) >= 11 is 2.53. The Morgan fingerprint density at radius 3 is 2.83 bits per heavy atom. The van der Waals surface area contributed by atoms with Gasteiger partial charge in [-0.25, -0.2) is 9.37 Å². The highest BCUT2D eigenvalue weighted by molar-refractivity contribution is 7.99. The number of benzene rings is 1. The molecule has 2 heterocycles. The minimum atomic E-state index is -0.336. The van der Waals surface area contributed by atoms with Crippen LogP contribution in [0.15, 0.2) is 40.1 Å². The van der Waals surface area contributed by atoms with Gasteiger partial charge in [0.25, 0.3) is 5.22 Å². The Morgan fingerprint density at radius 2 is 2.13 bits per heavy atom. The molecule has 0 spiro atoms. The minimum Gasteiger partial charge on any atom is -0.411 e. The maximum atomic E-state index is 12.9. The average Bonchev–Trinajstić information content (AvgIpc) is 3.15. The SMILES string of the molecule is Cc1cnc(NC(=O)CSc2nnc(-c3ccc(F)cc3)o2)s1. The molecule has 0 atom stereocenters. The van der Waals surface area contributed by atoms with Crippen molar-refractivity contribution in [3.8, 4) is 11.5 Å². The van der Waals surface area contributed by atoms with Crippen molar-refractivity contribution in [2.45, 2.75) is 12.1 Å². The number of thioether (sulfide) groups is 1. The second-order valence-electron chi connectivity index (χ2n) is 4.49. The Labute approximate surface area is 139 Å². The van der Waals surface area contributed by atoms with Crippen LogP contribution in [-0.4, -0.2) is 26.8 Å². The lowest BCUT2D eigenvalue weighted by Crippen LogP contribution is -2.13. The number of hydrogen-bond acceptors (Lipinski definition) is 7. The van der Waals surface area contributed by atoms with Gasteiger partial charge in [0.15, 0.2) is 5.13 Å². The van der Waals surface area contributed by atoms with E-state index in [0.29, 0.717) is 10.7 Å². The molecule has 0 radical (unpaired) electrons. The Balaban J connectivity index is 1.56. The van der Waals surface area contributed by atoms with E-state index in [1.165, 1.54) is 23.5 Å². The molecule has 2 aromatic heterocycles. The van der Waals surface area contributed by atoms with Gasteiger partial charge in [-0.3, -0.25) is 4.79 Å². The molecule has 1 N–H and O–H groups in total. The van der Waals surface area contributed by atoms with Gasteiger partial charge in [0, 0.05) is 16.6 Å². The van der Waals surface area contributed by atoms with Crippen molar-refractivity contribution in [3.63, 3.8) is 0 Å². The zero-order valence-corrected chi connectivity index (χ0v) is 13.6. The first kappa shape index (κ1) is 15.6. The first-order valence-electron chi connectivity index (χ1n) is 6.55. The molecule has 0 saturated heterocycles. The number of aryl methyl sites for hydroxylation is 1. The third-order valence-corrected chi connectivity index (χ3v) is 4.34. The third kappa shape index (κ3) is 4.14. The number of amides is 1. The highest BCUT2D eigenvalue weighted by Gasteiger charge is 2.12. The number of anilines is 1. The van der Waals surface area contributed by atoms with E-state index in [4.69, 9.17) is 4.42 Å². The number of nitrogens with zero attached hydrogens (tertiary/aromatic N) is 3. The molecule has 0 saturated carbocycles. The molecule has 3 aromatic rings. The average molecular weight is 350 g/mol. The predicted molar refractivity (Wildman–Crippen MR) is 85.9 cm³/mol. The van der Waals surface area contributed by atoms with Crippen LogP contribution in [0.2, 0.25) is 0 Å². The lowest BCUT2D eigenvalue weighted by Gasteiger charge is -1.98. The summed E-state index contributed by atoms with van der Waals surface area (Å²) < 4.78 is 18.3. The molecule has 118 valence electrons. The molecular formula is C14H11FN4O2S2. The Hall–Kier alpha value is -2.26. The summed E-state index contributed by atoms with van der Waals surface area (Å²) in [4.78, 5) is 16.9. The molecule has 0 unspecified atom stereocenters. The normalized spacial score (nSPS) is 10.7. The van der Waals surface area contributed by atoms with Gasteiger partial charge < -0.3 is 9.73 Å². The number of nitrogens with one attached hydrogen (secondary N) is 1. The molecule has 9 heteroatoms. The molecule has 3 rings (SSSR count). The maximum absolute atomic E-state index is 12.9. The summed E-state index contributed by atoms with van der Waals surface area (Å²) in [5, 5.41) is 11.3. The summed E-state index contributed by atoms with van der Waals surface area (Å²) in [5.41, 5.74) is 0.619. The van der Waals surface area contributed by atoms with Gasteiger partial charge in [-0.1, -0.05) is 11.8 Å². The molecule has 0 fully saturated rings. The zero-order chi connectivity index (χ0) is 16.2. The van der Waals surface area contributed by atoms with E-state index in [9.17, 15) is 9.18 Å². The van der Waals surface area contributed by atoms with Crippen LogP contribution in [0.5, 0.6) is 0 Å². The lowest BCUT2D eigenvalue weighted by molar-refractivity contribution is -0.113. The van der Waals surface area contributed by atoms with Crippen molar-refractivity contribution >= 4 is 34.1 Å². The van der Waals surface area contributed by atoms with Gasteiger partial charge >= 0.3 is 0 Å². The Bertz CT molecular complexity index is 816. The molecule has 0 aliphatic heterocycles. The van der Waals surface area contributed by atoms with Crippen LogP contribution in [0.1, 0.15) is 4.88 Å². The Kier molecular flexibility index (Phi) is 4.68. The summed E-state index contributed by atoms with van der Waals surface area (Å²) in [6.45, 7) is 1.91. The largest absolute Gasteiger partial charge is 0.411 e. The number of carbonyl (C=O) groups excluding carboxylic acids is 1. The summed E-state index contributed by atoms with van der Waals surface area (Å²) in [7, 11) is 0. The van der Waals surface area contributed by atoms with Crippen molar-refractivity contribution in [2.24, 2.45) is 0 Å². The van der Waals surface area contributed by atoms with Gasteiger partial charge in [0.05, 0.1) is 5.75 Å². The van der Waals surface area contributed by atoms with Gasteiger partial charge in [-0.15, -0.1) is 21.5 Å². The highest BCUT2D eigenvalue weighted by Crippen LogP contribution is 2.23. The number of carbonyl (C=O) groups is 1.